The lowest BCUT2D eigenvalue weighted by atomic mass is 9.73. The summed E-state index contributed by atoms with van der Waals surface area (Å²) in [6.07, 6.45) is 0. The summed E-state index contributed by atoms with van der Waals surface area (Å²) < 4.78 is 5.77. The van der Waals surface area contributed by atoms with Crippen LogP contribution < -0.4 is 0 Å². The van der Waals surface area contributed by atoms with E-state index in [1.54, 1.807) is 39.8 Å². The van der Waals surface area contributed by atoms with Gasteiger partial charge in [-0.1, -0.05) is 47.5 Å². The fourth-order valence-electron chi connectivity index (χ4n) is 3.72. The van der Waals surface area contributed by atoms with E-state index in [0.29, 0.717) is 10.6 Å². The third kappa shape index (κ3) is 3.22. The molecule has 27 heavy (non-hydrogen) atoms. The summed E-state index contributed by atoms with van der Waals surface area (Å²) in [6, 6.07) is 13.0. The van der Waals surface area contributed by atoms with Gasteiger partial charge < -0.3 is 4.74 Å². The van der Waals surface area contributed by atoms with Gasteiger partial charge in [0.05, 0.1) is 0 Å². The molecule has 0 aromatic heterocycles. The Morgan fingerprint density at radius 3 is 1.81 bits per heavy atom. The number of hydrogen-bond donors (Lipinski definition) is 0. The minimum Gasteiger partial charge on any atom is -0.354 e. The molecule has 1 aliphatic heterocycles. The Labute approximate surface area is 169 Å². The van der Waals surface area contributed by atoms with E-state index in [2.05, 4.69) is 0 Å². The van der Waals surface area contributed by atoms with Crippen LogP contribution in [0.2, 0.25) is 5.02 Å². The van der Waals surface area contributed by atoms with Crippen molar-refractivity contribution in [2.45, 2.75) is 50.7 Å². The minimum absolute atomic E-state index is 0.447. The Morgan fingerprint density at radius 2 is 1.30 bits per heavy atom. The minimum atomic E-state index is -1.79. The van der Waals surface area contributed by atoms with Crippen molar-refractivity contribution in [3.05, 3.63) is 58.6 Å². The van der Waals surface area contributed by atoms with E-state index >= 15 is 0 Å². The highest BCUT2D eigenvalue weighted by Crippen LogP contribution is 2.47. The number of halogens is 2. The largest absolute Gasteiger partial charge is 0.354 e. The third-order valence-electron chi connectivity index (χ3n) is 5.02. The Hall–Kier alpha value is -1.68. The van der Waals surface area contributed by atoms with E-state index in [0.717, 1.165) is 16.7 Å². The van der Waals surface area contributed by atoms with Crippen LogP contribution in [0.4, 0.5) is 0 Å². The summed E-state index contributed by atoms with van der Waals surface area (Å²) in [4.78, 5) is 24.6. The summed E-state index contributed by atoms with van der Waals surface area (Å²) >= 11 is 12.8. The van der Waals surface area contributed by atoms with Crippen LogP contribution in [0.3, 0.4) is 0 Å². The second-order valence-corrected chi connectivity index (χ2v) is 8.98. The highest BCUT2D eigenvalue weighted by atomic mass is 35.5. The molecular formula is C22H22Cl2O3. The van der Waals surface area contributed by atoms with E-state index in [-0.39, 0.29) is 0 Å². The van der Waals surface area contributed by atoms with E-state index < -0.39 is 27.6 Å². The van der Waals surface area contributed by atoms with Crippen LogP contribution in [-0.4, -0.2) is 22.8 Å². The first-order valence-corrected chi connectivity index (χ1v) is 9.51. The Kier molecular flexibility index (Phi) is 4.79. The van der Waals surface area contributed by atoms with Gasteiger partial charge in [-0.2, -0.15) is 0 Å². The molecule has 0 atom stereocenters. The van der Waals surface area contributed by atoms with Crippen molar-refractivity contribution in [2.24, 2.45) is 0 Å². The zero-order valence-electron chi connectivity index (χ0n) is 16.0. The normalized spacial score (nSPS) is 20.6. The van der Waals surface area contributed by atoms with Gasteiger partial charge in [0.25, 0.3) is 0 Å². The van der Waals surface area contributed by atoms with Crippen molar-refractivity contribution in [2.75, 3.05) is 0 Å². The standard InChI is InChI=1S/C22H22Cl2O3/c1-13-6-7-15(14-8-10-16(23)11-9-14)12-17(13)22(24)18(25)20(2,3)27-21(4,5)19(22)26/h6-12H,1-5H3. The van der Waals surface area contributed by atoms with Crippen LogP contribution in [0.5, 0.6) is 0 Å². The lowest BCUT2D eigenvalue weighted by Crippen LogP contribution is -2.64. The quantitative estimate of drug-likeness (QED) is 0.491. The zero-order valence-corrected chi connectivity index (χ0v) is 17.5. The van der Waals surface area contributed by atoms with Gasteiger partial charge in [-0.25, -0.2) is 0 Å². The number of rotatable bonds is 2. The van der Waals surface area contributed by atoms with Gasteiger partial charge in [0.15, 0.2) is 16.4 Å². The van der Waals surface area contributed by atoms with Crippen LogP contribution in [0.1, 0.15) is 38.8 Å². The van der Waals surface area contributed by atoms with Crippen molar-refractivity contribution in [1.29, 1.82) is 0 Å². The molecule has 1 heterocycles. The lowest BCUT2D eigenvalue weighted by Gasteiger charge is -2.46. The average Bonchev–Trinajstić information content (AvgIpc) is 2.59. The number of carbonyl (C=O) groups excluding carboxylic acids is 2. The molecule has 1 fully saturated rings. The topological polar surface area (TPSA) is 43.4 Å². The molecular weight excluding hydrogens is 383 g/mol. The fourth-order valence-corrected chi connectivity index (χ4v) is 4.51. The summed E-state index contributed by atoms with van der Waals surface area (Å²) in [7, 11) is 0. The molecule has 5 heteroatoms. The van der Waals surface area contributed by atoms with Gasteiger partial charge in [0, 0.05) is 5.02 Å². The average molecular weight is 405 g/mol. The van der Waals surface area contributed by atoms with Crippen molar-refractivity contribution >= 4 is 34.8 Å². The fraction of sp³-hybridized carbons (Fsp3) is 0.364. The molecule has 3 rings (SSSR count). The summed E-state index contributed by atoms with van der Waals surface area (Å²) in [6.45, 7) is 8.46. The van der Waals surface area contributed by atoms with Crippen LogP contribution in [0.25, 0.3) is 11.1 Å². The van der Waals surface area contributed by atoms with Gasteiger partial charge in [-0.05, 0) is 75.1 Å². The van der Waals surface area contributed by atoms with Crippen molar-refractivity contribution in [3.63, 3.8) is 0 Å². The molecule has 0 radical (unpaired) electrons. The predicted molar refractivity (Wildman–Crippen MR) is 108 cm³/mol. The maximum atomic E-state index is 13.2. The van der Waals surface area contributed by atoms with Crippen LogP contribution in [0, 0.1) is 6.92 Å². The molecule has 1 saturated heterocycles. The van der Waals surface area contributed by atoms with Gasteiger partial charge in [-0.3, -0.25) is 9.59 Å². The molecule has 0 aliphatic carbocycles. The van der Waals surface area contributed by atoms with E-state index in [9.17, 15) is 9.59 Å². The first-order chi connectivity index (χ1) is 12.4. The molecule has 0 bridgehead atoms. The smallest absolute Gasteiger partial charge is 0.197 e. The van der Waals surface area contributed by atoms with Crippen LogP contribution in [-0.2, 0) is 19.2 Å². The molecule has 0 saturated carbocycles. The number of Topliss-reactive ketones (excluding diaryl/α,β-unsaturated/α-hetero) is 2. The predicted octanol–water partition coefficient (Wildman–Crippen LogP) is 5.48. The first-order valence-electron chi connectivity index (χ1n) is 8.75. The number of ketones is 2. The highest BCUT2D eigenvalue weighted by molar-refractivity contribution is 6.49. The second kappa shape index (κ2) is 6.44. The zero-order chi connectivity index (χ0) is 20.2. The van der Waals surface area contributed by atoms with E-state index in [4.69, 9.17) is 27.9 Å². The van der Waals surface area contributed by atoms with Gasteiger partial charge in [0.2, 0.25) is 0 Å². The van der Waals surface area contributed by atoms with Crippen molar-refractivity contribution in [1.82, 2.24) is 0 Å². The molecule has 0 unspecified atom stereocenters. The lowest BCUT2D eigenvalue weighted by molar-refractivity contribution is -0.187. The molecule has 0 amide bonds. The maximum Gasteiger partial charge on any atom is 0.197 e. The SMILES string of the molecule is Cc1ccc(-c2ccc(Cl)cc2)cc1C1(Cl)C(=O)C(C)(C)OC(C)(C)C1=O. The molecule has 142 valence electrons. The second-order valence-electron chi connectivity index (χ2n) is 7.98. The van der Waals surface area contributed by atoms with Gasteiger partial charge in [0.1, 0.15) is 11.2 Å². The molecule has 3 nitrogen and oxygen atoms in total. The third-order valence-corrected chi connectivity index (χ3v) is 5.81. The molecule has 2 aromatic carbocycles. The monoisotopic (exact) mass is 404 g/mol. The number of alkyl halides is 1. The van der Waals surface area contributed by atoms with E-state index in [1.807, 2.05) is 37.3 Å². The number of ether oxygens (including phenoxy) is 1. The van der Waals surface area contributed by atoms with Crippen molar-refractivity contribution in [3.8, 4) is 11.1 Å². The maximum absolute atomic E-state index is 13.2. The first kappa shape index (κ1) is 20.1. The molecule has 0 spiro atoms. The number of aryl methyl sites for hydroxylation is 1. The number of benzene rings is 2. The van der Waals surface area contributed by atoms with Gasteiger partial charge in [-0.15, -0.1) is 0 Å². The number of hydrogen-bond acceptors (Lipinski definition) is 3. The molecule has 1 aliphatic rings. The Morgan fingerprint density at radius 1 is 0.815 bits per heavy atom. The Bertz CT molecular complexity index is 901. The summed E-state index contributed by atoms with van der Waals surface area (Å²) in [5.74, 6) is -0.894. The summed E-state index contributed by atoms with van der Waals surface area (Å²) in [5.41, 5.74) is 0.694. The Balaban J connectivity index is 2.21. The molecule has 0 N–H and O–H groups in total. The van der Waals surface area contributed by atoms with Crippen molar-refractivity contribution < 1.29 is 14.3 Å². The highest BCUT2D eigenvalue weighted by Gasteiger charge is 2.62. The van der Waals surface area contributed by atoms with Crippen LogP contribution >= 0.6 is 23.2 Å². The van der Waals surface area contributed by atoms with Gasteiger partial charge >= 0.3 is 0 Å². The number of carbonyl (C=O) groups is 2. The van der Waals surface area contributed by atoms with E-state index in [1.165, 1.54) is 0 Å². The molecule has 2 aromatic rings. The summed E-state index contributed by atoms with van der Waals surface area (Å²) in [5, 5.41) is 0.637. The van der Waals surface area contributed by atoms with Crippen LogP contribution in [0.15, 0.2) is 42.5 Å².